The molecule has 0 saturated carbocycles. The lowest BCUT2D eigenvalue weighted by molar-refractivity contribution is 0.103. The Bertz CT molecular complexity index is 1670. The average Bonchev–Trinajstić information content (AvgIpc) is 3.18. The second kappa shape index (κ2) is 8.25. The molecule has 3 N–H and O–H groups in total. The smallest absolute Gasteiger partial charge is 0.230 e. The van der Waals surface area contributed by atoms with Crippen LogP contribution in [-0.4, -0.2) is 46.1 Å². The number of aromatic amines is 1. The first-order valence-electron chi connectivity index (χ1n) is 9.54. The van der Waals surface area contributed by atoms with E-state index in [0.29, 0.717) is 16.0 Å². The fourth-order valence-corrected chi connectivity index (χ4v) is 4.49. The van der Waals surface area contributed by atoms with Crippen LogP contribution in [0.4, 0.5) is 14.5 Å². The number of hydrogen-bond acceptors (Lipinski definition) is 7. The fourth-order valence-electron chi connectivity index (χ4n) is 3.28. The number of fused-ring (bicyclic) bond motifs is 1. The highest BCUT2D eigenvalue weighted by molar-refractivity contribution is 7.92. The van der Waals surface area contributed by atoms with Gasteiger partial charge in [0.2, 0.25) is 15.8 Å². The SMILES string of the molecule is CS(=N)(=O)c1ccc(-c2cnc3n[nH]c(C(=O)c4ccc(F)c(NS(C)(=O)=O)c4F)c3c2)cc1. The third-order valence-electron chi connectivity index (χ3n) is 4.90. The zero-order valence-electron chi connectivity index (χ0n) is 17.7. The molecule has 0 aliphatic heterocycles. The standard InChI is InChI=1S/C21H17F2N5O4S2/c1-33(24,30)13-5-3-11(4-6-13)12-9-15-18(26-27-21(15)25-10-12)20(29)14-7-8-16(22)19(17(14)23)28-34(2,31)32/h3-10,24,28H,1-2H3,(H,25,26,27). The minimum absolute atomic E-state index is 0.125. The highest BCUT2D eigenvalue weighted by Gasteiger charge is 2.24. The summed E-state index contributed by atoms with van der Waals surface area (Å²) in [5.41, 5.74) is -0.253. The molecule has 4 rings (SSSR count). The van der Waals surface area contributed by atoms with E-state index in [1.165, 1.54) is 12.5 Å². The number of aromatic nitrogens is 3. The molecule has 0 bridgehead atoms. The van der Waals surface area contributed by atoms with E-state index >= 15 is 0 Å². The lowest BCUT2D eigenvalue weighted by Crippen LogP contribution is -2.15. The molecular weight excluding hydrogens is 488 g/mol. The molecule has 2 aromatic heterocycles. The van der Waals surface area contributed by atoms with Crippen molar-refractivity contribution >= 4 is 42.3 Å². The first-order chi connectivity index (χ1) is 15.8. The van der Waals surface area contributed by atoms with Crippen molar-refractivity contribution in [2.24, 2.45) is 0 Å². The number of rotatable bonds is 6. The number of carbonyl (C=O) groups excluding carboxylic acids is 1. The molecular formula is C21H17F2N5O4S2. The van der Waals surface area contributed by atoms with Crippen LogP contribution in [0, 0.1) is 16.4 Å². The van der Waals surface area contributed by atoms with Crippen molar-refractivity contribution in [1.82, 2.24) is 15.2 Å². The van der Waals surface area contributed by atoms with Crippen molar-refractivity contribution in [3.8, 4) is 11.1 Å². The van der Waals surface area contributed by atoms with E-state index in [9.17, 15) is 26.2 Å². The van der Waals surface area contributed by atoms with Crippen molar-refractivity contribution in [2.45, 2.75) is 4.90 Å². The number of hydrogen-bond donors (Lipinski definition) is 3. The number of nitrogens with zero attached hydrogens (tertiary/aromatic N) is 2. The molecule has 13 heteroatoms. The van der Waals surface area contributed by atoms with Gasteiger partial charge in [-0.3, -0.25) is 14.6 Å². The van der Waals surface area contributed by atoms with Crippen LogP contribution in [0.5, 0.6) is 0 Å². The summed E-state index contributed by atoms with van der Waals surface area (Å²) in [6, 6.07) is 9.70. The van der Waals surface area contributed by atoms with Crippen molar-refractivity contribution < 1.29 is 26.2 Å². The molecule has 0 saturated heterocycles. The van der Waals surface area contributed by atoms with Gasteiger partial charge in [-0.15, -0.1) is 0 Å². The summed E-state index contributed by atoms with van der Waals surface area (Å²) in [6.07, 6.45) is 3.54. The summed E-state index contributed by atoms with van der Waals surface area (Å²) < 4.78 is 73.1. The molecule has 0 aliphatic rings. The average molecular weight is 506 g/mol. The second-order valence-corrected chi connectivity index (χ2v) is 11.5. The predicted octanol–water partition coefficient (Wildman–Crippen LogP) is 3.54. The van der Waals surface area contributed by atoms with E-state index in [1.807, 2.05) is 0 Å². The van der Waals surface area contributed by atoms with Crippen LogP contribution in [0.1, 0.15) is 16.1 Å². The van der Waals surface area contributed by atoms with Gasteiger partial charge in [-0.25, -0.2) is 31.2 Å². The topological polar surface area (TPSA) is 146 Å². The minimum Gasteiger partial charge on any atom is -0.287 e. The largest absolute Gasteiger partial charge is 0.287 e. The normalized spacial score (nSPS) is 13.5. The van der Waals surface area contributed by atoms with Gasteiger partial charge in [0.15, 0.2) is 11.5 Å². The van der Waals surface area contributed by atoms with Gasteiger partial charge in [-0.1, -0.05) is 12.1 Å². The zero-order valence-corrected chi connectivity index (χ0v) is 19.4. The van der Waals surface area contributed by atoms with E-state index < -0.39 is 48.4 Å². The highest BCUT2D eigenvalue weighted by atomic mass is 32.2. The van der Waals surface area contributed by atoms with Crippen LogP contribution >= 0.6 is 0 Å². The minimum atomic E-state index is -4.00. The third-order valence-corrected chi connectivity index (χ3v) is 6.64. The van der Waals surface area contributed by atoms with Crippen LogP contribution in [0.25, 0.3) is 22.2 Å². The summed E-state index contributed by atoms with van der Waals surface area (Å²) in [5, 5.41) is 6.71. The van der Waals surface area contributed by atoms with Gasteiger partial charge in [-0.05, 0) is 35.9 Å². The molecule has 1 atom stereocenters. The van der Waals surface area contributed by atoms with Crippen LogP contribution in [0.2, 0.25) is 0 Å². The van der Waals surface area contributed by atoms with Gasteiger partial charge < -0.3 is 0 Å². The molecule has 34 heavy (non-hydrogen) atoms. The predicted molar refractivity (Wildman–Crippen MR) is 123 cm³/mol. The Morgan fingerprint density at radius 3 is 2.32 bits per heavy atom. The lowest BCUT2D eigenvalue weighted by Gasteiger charge is -2.10. The maximum atomic E-state index is 14.9. The van der Waals surface area contributed by atoms with Gasteiger partial charge in [0.05, 0.1) is 26.9 Å². The van der Waals surface area contributed by atoms with E-state index in [0.717, 1.165) is 18.4 Å². The number of halogens is 2. The fraction of sp³-hybridized carbons (Fsp3) is 0.0952. The van der Waals surface area contributed by atoms with Crippen molar-refractivity contribution in [2.75, 3.05) is 17.2 Å². The molecule has 1 unspecified atom stereocenters. The van der Waals surface area contributed by atoms with Gasteiger partial charge in [0, 0.05) is 22.9 Å². The molecule has 176 valence electrons. The van der Waals surface area contributed by atoms with Gasteiger partial charge in [-0.2, -0.15) is 5.10 Å². The summed E-state index contributed by atoms with van der Waals surface area (Å²) in [7, 11) is -6.88. The van der Waals surface area contributed by atoms with Crippen molar-refractivity contribution in [3.63, 3.8) is 0 Å². The first-order valence-corrected chi connectivity index (χ1v) is 13.4. The number of sulfonamides is 1. The third kappa shape index (κ3) is 4.52. The van der Waals surface area contributed by atoms with E-state index in [2.05, 4.69) is 15.2 Å². The lowest BCUT2D eigenvalue weighted by atomic mass is 10.0. The number of anilines is 1. The van der Waals surface area contributed by atoms with Crippen LogP contribution in [0.3, 0.4) is 0 Å². The maximum absolute atomic E-state index is 14.9. The molecule has 9 nitrogen and oxygen atoms in total. The molecule has 0 amide bonds. The number of ketones is 1. The number of nitrogens with one attached hydrogen (secondary N) is 3. The number of H-pyrrole nitrogens is 1. The summed E-state index contributed by atoms with van der Waals surface area (Å²) in [5.74, 6) is -3.42. The molecule has 0 fully saturated rings. The van der Waals surface area contributed by atoms with Crippen LogP contribution in [-0.2, 0) is 19.8 Å². The number of benzene rings is 2. The zero-order chi connectivity index (χ0) is 24.8. The maximum Gasteiger partial charge on any atom is 0.230 e. The first kappa shape index (κ1) is 23.4. The second-order valence-electron chi connectivity index (χ2n) is 7.55. The molecule has 2 heterocycles. The van der Waals surface area contributed by atoms with Crippen molar-refractivity contribution in [1.29, 1.82) is 4.78 Å². The Labute approximate surface area is 193 Å². The monoisotopic (exact) mass is 505 g/mol. The Balaban J connectivity index is 1.78. The molecule has 4 aromatic rings. The van der Waals surface area contributed by atoms with Crippen LogP contribution < -0.4 is 4.72 Å². The van der Waals surface area contributed by atoms with E-state index in [1.54, 1.807) is 35.1 Å². The van der Waals surface area contributed by atoms with E-state index in [4.69, 9.17) is 4.78 Å². The Morgan fingerprint density at radius 1 is 1.03 bits per heavy atom. The van der Waals surface area contributed by atoms with Crippen molar-refractivity contribution in [3.05, 3.63) is 71.6 Å². The highest BCUT2D eigenvalue weighted by Crippen LogP contribution is 2.29. The number of pyridine rings is 1. The Morgan fingerprint density at radius 2 is 1.71 bits per heavy atom. The molecule has 0 spiro atoms. The molecule has 2 aromatic carbocycles. The summed E-state index contributed by atoms with van der Waals surface area (Å²) in [6.45, 7) is 0. The summed E-state index contributed by atoms with van der Waals surface area (Å²) >= 11 is 0. The quantitative estimate of drug-likeness (QED) is 0.342. The van der Waals surface area contributed by atoms with Gasteiger partial charge in [0.1, 0.15) is 17.2 Å². The Hall–Kier alpha value is -3.71. The molecule has 0 radical (unpaired) electrons. The molecule has 0 aliphatic carbocycles. The van der Waals surface area contributed by atoms with Gasteiger partial charge >= 0.3 is 0 Å². The number of carbonyl (C=O) groups is 1. The Kier molecular flexibility index (Phi) is 5.69. The van der Waals surface area contributed by atoms with E-state index in [-0.39, 0.29) is 16.7 Å². The summed E-state index contributed by atoms with van der Waals surface area (Å²) in [4.78, 5) is 17.6. The van der Waals surface area contributed by atoms with Crippen LogP contribution in [0.15, 0.2) is 53.6 Å². The van der Waals surface area contributed by atoms with Gasteiger partial charge in [0.25, 0.3) is 0 Å².